The lowest BCUT2D eigenvalue weighted by Gasteiger charge is -2.29. The number of aliphatic hydroxyl groups is 2. The Morgan fingerprint density at radius 3 is 2.45 bits per heavy atom. The van der Waals surface area contributed by atoms with Gasteiger partial charge in [-0.3, -0.25) is 4.79 Å². The number of aliphatic hydroxyl groups excluding tert-OH is 2. The Bertz CT molecular complexity index is 438. The van der Waals surface area contributed by atoms with Gasteiger partial charge >= 0.3 is 0 Å². The van der Waals surface area contributed by atoms with Crippen LogP contribution in [0.2, 0.25) is 0 Å². The van der Waals surface area contributed by atoms with E-state index in [1.165, 1.54) is 6.92 Å². The Morgan fingerprint density at radius 2 is 1.90 bits per heavy atom. The topological polar surface area (TPSA) is 78.8 Å². The number of amides is 1. The van der Waals surface area contributed by atoms with Gasteiger partial charge in [0.2, 0.25) is 5.91 Å². The van der Waals surface area contributed by atoms with Crippen LogP contribution in [0.25, 0.3) is 0 Å². The Morgan fingerprint density at radius 1 is 1.30 bits per heavy atom. The zero-order chi connectivity index (χ0) is 14.6. The van der Waals surface area contributed by atoms with Crippen LogP contribution in [0.4, 0.5) is 0 Å². The average Bonchev–Trinajstić information content (AvgIpc) is 2.72. The molecule has 1 amide bonds. The SMILES string of the molecule is CC(=O)NCC1(COc2ccccc2)C[C@@H](O)[C@@H](O)C1. The molecule has 20 heavy (non-hydrogen) atoms. The summed E-state index contributed by atoms with van der Waals surface area (Å²) in [6, 6.07) is 9.38. The Hall–Kier alpha value is -1.59. The van der Waals surface area contributed by atoms with Crippen molar-refractivity contribution in [2.45, 2.75) is 32.0 Å². The summed E-state index contributed by atoms with van der Waals surface area (Å²) in [7, 11) is 0. The second kappa shape index (κ2) is 6.24. The first-order valence-electron chi connectivity index (χ1n) is 6.79. The van der Waals surface area contributed by atoms with Crippen LogP contribution in [0, 0.1) is 5.41 Å². The third-order valence-corrected chi connectivity index (χ3v) is 3.73. The Kier molecular flexibility index (Phi) is 4.62. The van der Waals surface area contributed by atoms with Crippen molar-refractivity contribution in [3.05, 3.63) is 30.3 Å². The number of benzene rings is 1. The van der Waals surface area contributed by atoms with Crippen LogP contribution >= 0.6 is 0 Å². The molecule has 1 aliphatic carbocycles. The third-order valence-electron chi connectivity index (χ3n) is 3.73. The summed E-state index contributed by atoms with van der Waals surface area (Å²) >= 11 is 0. The number of para-hydroxylation sites is 1. The van der Waals surface area contributed by atoms with E-state index in [1.807, 2.05) is 30.3 Å². The van der Waals surface area contributed by atoms with Gasteiger partial charge in [0.25, 0.3) is 0 Å². The van der Waals surface area contributed by atoms with Crippen molar-refractivity contribution in [2.24, 2.45) is 5.41 Å². The van der Waals surface area contributed by atoms with Crippen molar-refractivity contribution in [1.29, 1.82) is 0 Å². The standard InChI is InChI=1S/C15H21NO4/c1-11(17)16-9-15(7-13(18)14(19)8-15)10-20-12-5-3-2-4-6-12/h2-6,13-14,18-19H,7-10H2,1H3,(H,16,17)/t13-,14+,15?. The van der Waals surface area contributed by atoms with Crippen LogP contribution in [0.3, 0.4) is 0 Å². The van der Waals surface area contributed by atoms with Gasteiger partial charge in [-0.2, -0.15) is 0 Å². The number of hydrogen-bond donors (Lipinski definition) is 3. The van der Waals surface area contributed by atoms with Crippen molar-refractivity contribution in [1.82, 2.24) is 5.32 Å². The quantitative estimate of drug-likeness (QED) is 0.741. The summed E-state index contributed by atoms with van der Waals surface area (Å²) in [4.78, 5) is 11.1. The lowest BCUT2D eigenvalue weighted by Crippen LogP contribution is -2.39. The summed E-state index contributed by atoms with van der Waals surface area (Å²) in [5.41, 5.74) is -0.430. The normalized spacial score (nSPS) is 29.1. The summed E-state index contributed by atoms with van der Waals surface area (Å²) in [5.74, 6) is 0.616. The van der Waals surface area contributed by atoms with Gasteiger partial charge in [-0.05, 0) is 25.0 Å². The molecule has 0 spiro atoms. The molecule has 5 nitrogen and oxygen atoms in total. The summed E-state index contributed by atoms with van der Waals surface area (Å²) < 4.78 is 5.75. The minimum Gasteiger partial charge on any atom is -0.493 e. The van der Waals surface area contributed by atoms with Crippen molar-refractivity contribution in [3.8, 4) is 5.75 Å². The Balaban J connectivity index is 2.01. The molecule has 0 heterocycles. The largest absolute Gasteiger partial charge is 0.493 e. The third kappa shape index (κ3) is 3.71. The van der Waals surface area contributed by atoms with Crippen LogP contribution in [0.15, 0.2) is 30.3 Å². The molecule has 3 N–H and O–H groups in total. The molecule has 2 rings (SSSR count). The minimum absolute atomic E-state index is 0.125. The van der Waals surface area contributed by atoms with Crippen LogP contribution in [-0.4, -0.2) is 41.5 Å². The molecule has 1 saturated carbocycles. The van der Waals surface area contributed by atoms with E-state index in [9.17, 15) is 15.0 Å². The molecule has 110 valence electrons. The van der Waals surface area contributed by atoms with Crippen molar-refractivity contribution < 1.29 is 19.7 Å². The van der Waals surface area contributed by atoms with Crippen LogP contribution in [0.1, 0.15) is 19.8 Å². The van der Waals surface area contributed by atoms with Crippen LogP contribution in [-0.2, 0) is 4.79 Å². The molecule has 1 fully saturated rings. The molecule has 1 aromatic carbocycles. The predicted octanol–water partition coefficient (Wildman–Crippen LogP) is 0.704. The maximum absolute atomic E-state index is 11.1. The molecular formula is C15H21NO4. The zero-order valence-corrected chi connectivity index (χ0v) is 11.6. The predicted molar refractivity (Wildman–Crippen MR) is 74.3 cm³/mol. The molecule has 0 aromatic heterocycles. The zero-order valence-electron chi connectivity index (χ0n) is 11.6. The highest BCUT2D eigenvalue weighted by Gasteiger charge is 2.44. The molecule has 1 aliphatic rings. The summed E-state index contributed by atoms with van der Waals surface area (Å²) in [5, 5.41) is 22.3. The molecule has 3 atom stereocenters. The lowest BCUT2D eigenvalue weighted by atomic mass is 9.86. The van der Waals surface area contributed by atoms with Gasteiger partial charge in [0.15, 0.2) is 0 Å². The highest BCUT2D eigenvalue weighted by molar-refractivity contribution is 5.72. The fraction of sp³-hybridized carbons (Fsp3) is 0.533. The van der Waals surface area contributed by atoms with E-state index in [0.29, 0.717) is 26.0 Å². The van der Waals surface area contributed by atoms with Gasteiger partial charge in [-0.25, -0.2) is 0 Å². The fourth-order valence-corrected chi connectivity index (χ4v) is 2.62. The van der Waals surface area contributed by atoms with Gasteiger partial charge in [0.1, 0.15) is 5.75 Å². The first-order valence-corrected chi connectivity index (χ1v) is 6.79. The minimum atomic E-state index is -0.761. The number of nitrogens with one attached hydrogen (secondary N) is 1. The monoisotopic (exact) mass is 279 g/mol. The van der Waals surface area contributed by atoms with Gasteiger partial charge in [-0.15, -0.1) is 0 Å². The number of ether oxygens (including phenoxy) is 1. The smallest absolute Gasteiger partial charge is 0.216 e. The van der Waals surface area contributed by atoms with Gasteiger partial charge in [0.05, 0.1) is 18.8 Å². The van der Waals surface area contributed by atoms with Crippen LogP contribution in [0.5, 0.6) is 5.75 Å². The van der Waals surface area contributed by atoms with E-state index < -0.39 is 17.6 Å². The molecular weight excluding hydrogens is 258 g/mol. The number of hydrogen-bond acceptors (Lipinski definition) is 4. The van der Waals surface area contributed by atoms with Gasteiger partial charge in [-0.1, -0.05) is 18.2 Å². The second-order valence-electron chi connectivity index (χ2n) is 5.55. The lowest BCUT2D eigenvalue weighted by molar-refractivity contribution is -0.119. The molecule has 0 saturated heterocycles. The maximum atomic E-state index is 11.1. The molecule has 1 aromatic rings. The van der Waals surface area contributed by atoms with Crippen molar-refractivity contribution in [3.63, 3.8) is 0 Å². The van der Waals surface area contributed by atoms with E-state index in [1.54, 1.807) is 0 Å². The number of carbonyl (C=O) groups excluding carboxylic acids is 1. The fourth-order valence-electron chi connectivity index (χ4n) is 2.62. The second-order valence-corrected chi connectivity index (χ2v) is 5.55. The summed E-state index contributed by atoms with van der Waals surface area (Å²) in [6.07, 6.45) is -0.686. The van der Waals surface area contributed by atoms with Gasteiger partial charge < -0.3 is 20.3 Å². The van der Waals surface area contributed by atoms with E-state index in [-0.39, 0.29) is 5.91 Å². The number of rotatable bonds is 5. The molecule has 0 aliphatic heterocycles. The highest BCUT2D eigenvalue weighted by atomic mass is 16.5. The van der Waals surface area contributed by atoms with Crippen molar-refractivity contribution >= 4 is 5.91 Å². The highest BCUT2D eigenvalue weighted by Crippen LogP contribution is 2.38. The van der Waals surface area contributed by atoms with E-state index in [4.69, 9.17) is 4.74 Å². The number of carbonyl (C=O) groups is 1. The van der Waals surface area contributed by atoms with Crippen molar-refractivity contribution in [2.75, 3.05) is 13.2 Å². The average molecular weight is 279 g/mol. The summed E-state index contributed by atoms with van der Waals surface area (Å²) in [6.45, 7) is 2.20. The van der Waals surface area contributed by atoms with Gasteiger partial charge in [0, 0.05) is 18.9 Å². The molecule has 0 bridgehead atoms. The Labute approximate surface area is 118 Å². The van der Waals surface area contributed by atoms with Crippen LogP contribution < -0.4 is 10.1 Å². The maximum Gasteiger partial charge on any atom is 0.216 e. The van der Waals surface area contributed by atoms with E-state index in [0.717, 1.165) is 5.75 Å². The molecule has 0 radical (unpaired) electrons. The first kappa shape index (κ1) is 14.8. The molecule has 5 heteroatoms. The first-order chi connectivity index (χ1) is 9.51. The van der Waals surface area contributed by atoms with E-state index >= 15 is 0 Å². The molecule has 1 unspecified atom stereocenters. The van der Waals surface area contributed by atoms with E-state index in [2.05, 4.69) is 5.32 Å².